The first-order valence-corrected chi connectivity index (χ1v) is 8.32. The van der Waals surface area contributed by atoms with Crippen molar-refractivity contribution < 1.29 is 13.2 Å². The molecule has 0 fully saturated rings. The summed E-state index contributed by atoms with van der Waals surface area (Å²) in [7, 11) is -0.0520. The molecular weight excluding hydrogens is 337 g/mol. The van der Waals surface area contributed by atoms with E-state index in [9.17, 15) is 13.2 Å². The van der Waals surface area contributed by atoms with Gasteiger partial charge in [0.1, 0.15) is 0 Å². The van der Waals surface area contributed by atoms with Crippen LogP contribution in [0.1, 0.15) is 0 Å². The number of halogens is 2. The van der Waals surface area contributed by atoms with Gasteiger partial charge in [-0.3, -0.25) is 4.79 Å². The number of carbonyl (C=O) groups is 1. The molecule has 0 aliphatic heterocycles. The van der Waals surface area contributed by atoms with E-state index in [-0.39, 0.29) is 21.5 Å². The largest absolute Gasteiger partial charge is 0.354 e. The van der Waals surface area contributed by atoms with Gasteiger partial charge in [0, 0.05) is 13.1 Å². The summed E-state index contributed by atoms with van der Waals surface area (Å²) in [5.74, 6) is -0.402. The van der Waals surface area contributed by atoms with E-state index >= 15 is 0 Å². The lowest BCUT2D eigenvalue weighted by molar-refractivity contribution is -0.119. The smallest absolute Gasteiger partial charge is 0.241 e. The van der Waals surface area contributed by atoms with Gasteiger partial charge in [-0.05, 0) is 32.3 Å². The molecule has 0 saturated carbocycles. The number of nitrogens with zero attached hydrogens (tertiary/aromatic N) is 1. The van der Waals surface area contributed by atoms with Crippen LogP contribution >= 0.6 is 23.2 Å². The van der Waals surface area contributed by atoms with Gasteiger partial charge in [0.25, 0.3) is 0 Å². The van der Waals surface area contributed by atoms with Gasteiger partial charge in [0.05, 0.1) is 21.5 Å². The maximum absolute atomic E-state index is 12.0. The summed E-state index contributed by atoms with van der Waals surface area (Å²) in [6, 6.07) is 3.94. The van der Waals surface area contributed by atoms with E-state index in [1.165, 1.54) is 18.2 Å². The number of nitrogens with one attached hydrogen (secondary N) is 2. The Morgan fingerprint density at radius 2 is 1.90 bits per heavy atom. The third-order valence-corrected chi connectivity index (χ3v) is 4.64. The maximum Gasteiger partial charge on any atom is 0.241 e. The molecule has 0 heterocycles. The highest BCUT2D eigenvalue weighted by Gasteiger charge is 2.16. The van der Waals surface area contributed by atoms with E-state index in [0.717, 1.165) is 0 Å². The van der Waals surface area contributed by atoms with Crippen LogP contribution in [0.3, 0.4) is 0 Å². The Balaban J connectivity index is 2.56. The van der Waals surface area contributed by atoms with E-state index in [4.69, 9.17) is 23.2 Å². The SMILES string of the molecule is CN(C)CCNC(=O)CNS(=O)(=O)c1ccc(Cl)c(Cl)c1. The molecule has 0 spiro atoms. The van der Waals surface area contributed by atoms with E-state index in [0.29, 0.717) is 13.1 Å². The predicted molar refractivity (Wildman–Crippen MR) is 83.2 cm³/mol. The van der Waals surface area contributed by atoms with Crippen molar-refractivity contribution in [1.29, 1.82) is 0 Å². The average molecular weight is 354 g/mol. The molecule has 0 aliphatic rings. The molecular formula is C12H17Cl2N3O3S. The summed E-state index contributed by atoms with van der Waals surface area (Å²) in [5.41, 5.74) is 0. The van der Waals surface area contributed by atoms with Crippen molar-refractivity contribution in [2.45, 2.75) is 4.90 Å². The molecule has 0 atom stereocenters. The Bertz CT molecular complexity index is 606. The van der Waals surface area contributed by atoms with Crippen LogP contribution < -0.4 is 10.0 Å². The molecule has 1 rings (SSSR count). The molecule has 1 aromatic rings. The van der Waals surface area contributed by atoms with Crippen LogP contribution in [0.25, 0.3) is 0 Å². The zero-order valence-corrected chi connectivity index (χ0v) is 14.0. The molecule has 1 aromatic carbocycles. The van der Waals surface area contributed by atoms with Crippen LogP contribution in [-0.2, 0) is 14.8 Å². The van der Waals surface area contributed by atoms with Crippen molar-refractivity contribution in [3.8, 4) is 0 Å². The van der Waals surface area contributed by atoms with Crippen LogP contribution in [0.15, 0.2) is 23.1 Å². The second-order valence-corrected chi connectivity index (χ2v) is 7.14. The van der Waals surface area contributed by atoms with Gasteiger partial charge in [0.15, 0.2) is 0 Å². The molecule has 21 heavy (non-hydrogen) atoms. The zero-order chi connectivity index (χ0) is 16.0. The number of hydrogen-bond donors (Lipinski definition) is 2. The van der Waals surface area contributed by atoms with E-state index in [1.807, 2.05) is 19.0 Å². The van der Waals surface area contributed by atoms with Gasteiger partial charge >= 0.3 is 0 Å². The van der Waals surface area contributed by atoms with Gasteiger partial charge in [-0.25, -0.2) is 13.1 Å². The summed E-state index contributed by atoms with van der Waals surface area (Å²) in [6.07, 6.45) is 0. The molecule has 0 saturated heterocycles. The number of likely N-dealkylation sites (N-methyl/N-ethyl adjacent to an activating group) is 1. The van der Waals surface area contributed by atoms with Gasteiger partial charge in [-0.2, -0.15) is 0 Å². The molecule has 0 aliphatic carbocycles. The second kappa shape index (κ2) is 7.95. The van der Waals surface area contributed by atoms with Crippen LogP contribution in [-0.4, -0.2) is 53.0 Å². The lowest BCUT2D eigenvalue weighted by Gasteiger charge is -2.11. The van der Waals surface area contributed by atoms with Gasteiger partial charge < -0.3 is 10.2 Å². The Hall–Kier alpha value is -0.860. The first kappa shape index (κ1) is 18.2. The number of rotatable bonds is 7. The lowest BCUT2D eigenvalue weighted by Crippen LogP contribution is -2.39. The summed E-state index contributed by atoms with van der Waals surface area (Å²) < 4.78 is 26.2. The first-order chi connectivity index (χ1) is 9.72. The topological polar surface area (TPSA) is 78.5 Å². The lowest BCUT2D eigenvalue weighted by atomic mass is 10.4. The van der Waals surface area contributed by atoms with E-state index in [1.54, 1.807) is 0 Å². The summed E-state index contributed by atoms with van der Waals surface area (Å²) in [4.78, 5) is 13.4. The minimum Gasteiger partial charge on any atom is -0.354 e. The fourth-order valence-electron chi connectivity index (χ4n) is 1.37. The van der Waals surface area contributed by atoms with E-state index in [2.05, 4.69) is 10.0 Å². The summed E-state index contributed by atoms with van der Waals surface area (Å²) >= 11 is 11.5. The molecule has 0 bridgehead atoms. The van der Waals surface area contributed by atoms with Crippen LogP contribution in [0.4, 0.5) is 0 Å². The fraction of sp³-hybridized carbons (Fsp3) is 0.417. The molecule has 0 unspecified atom stereocenters. The Morgan fingerprint density at radius 1 is 1.24 bits per heavy atom. The number of carbonyl (C=O) groups excluding carboxylic acids is 1. The standard InChI is InChI=1S/C12H17Cl2N3O3S/c1-17(2)6-5-15-12(18)8-16-21(19,20)9-3-4-10(13)11(14)7-9/h3-4,7,16H,5-6,8H2,1-2H3,(H,15,18). The Kier molecular flexibility index (Phi) is 6.89. The molecule has 0 radical (unpaired) electrons. The summed E-state index contributed by atoms with van der Waals surface area (Å²) in [6.45, 7) is 0.779. The Labute approximate surface area is 134 Å². The Morgan fingerprint density at radius 3 is 2.48 bits per heavy atom. The number of sulfonamides is 1. The molecule has 0 aromatic heterocycles. The monoisotopic (exact) mass is 353 g/mol. The number of hydrogen-bond acceptors (Lipinski definition) is 4. The predicted octanol–water partition coefficient (Wildman–Crippen LogP) is 0.949. The van der Waals surface area contributed by atoms with Crippen molar-refractivity contribution in [2.75, 3.05) is 33.7 Å². The van der Waals surface area contributed by atoms with Crippen molar-refractivity contribution in [3.05, 3.63) is 28.2 Å². The number of amides is 1. The summed E-state index contributed by atoms with van der Waals surface area (Å²) in [5, 5.41) is 3.00. The van der Waals surface area contributed by atoms with E-state index < -0.39 is 15.9 Å². The number of benzene rings is 1. The third-order valence-electron chi connectivity index (χ3n) is 2.51. The molecule has 1 amide bonds. The molecule has 9 heteroatoms. The van der Waals surface area contributed by atoms with Crippen LogP contribution in [0.2, 0.25) is 10.0 Å². The fourth-order valence-corrected chi connectivity index (χ4v) is 2.74. The third kappa shape index (κ3) is 6.19. The van der Waals surface area contributed by atoms with Crippen molar-refractivity contribution in [2.24, 2.45) is 0 Å². The van der Waals surface area contributed by atoms with Crippen LogP contribution in [0, 0.1) is 0 Å². The zero-order valence-electron chi connectivity index (χ0n) is 11.7. The molecule has 6 nitrogen and oxygen atoms in total. The van der Waals surface area contributed by atoms with Crippen LogP contribution in [0.5, 0.6) is 0 Å². The van der Waals surface area contributed by atoms with Crippen molar-refractivity contribution >= 4 is 39.1 Å². The van der Waals surface area contributed by atoms with Crippen molar-refractivity contribution in [3.63, 3.8) is 0 Å². The molecule has 118 valence electrons. The molecule has 2 N–H and O–H groups in total. The minimum absolute atomic E-state index is 0.0435. The quantitative estimate of drug-likeness (QED) is 0.764. The van der Waals surface area contributed by atoms with Gasteiger partial charge in [0.2, 0.25) is 15.9 Å². The highest BCUT2D eigenvalue weighted by Crippen LogP contribution is 2.24. The van der Waals surface area contributed by atoms with Crippen molar-refractivity contribution in [1.82, 2.24) is 14.9 Å². The second-order valence-electron chi connectivity index (χ2n) is 4.55. The highest BCUT2D eigenvalue weighted by atomic mass is 35.5. The normalized spacial score (nSPS) is 11.7. The maximum atomic E-state index is 12.0. The highest BCUT2D eigenvalue weighted by molar-refractivity contribution is 7.89. The van der Waals surface area contributed by atoms with Gasteiger partial charge in [-0.1, -0.05) is 23.2 Å². The average Bonchev–Trinajstić information content (AvgIpc) is 2.39. The minimum atomic E-state index is -3.80. The van der Waals surface area contributed by atoms with Gasteiger partial charge in [-0.15, -0.1) is 0 Å². The first-order valence-electron chi connectivity index (χ1n) is 6.08.